The van der Waals surface area contributed by atoms with Crippen molar-refractivity contribution < 1.29 is 19.4 Å². The van der Waals surface area contributed by atoms with E-state index in [9.17, 15) is 9.59 Å². The van der Waals surface area contributed by atoms with Gasteiger partial charge < -0.3 is 9.84 Å². The average molecular weight is 257 g/mol. The molecule has 0 aromatic heterocycles. The van der Waals surface area contributed by atoms with Gasteiger partial charge in [-0.1, -0.05) is 18.5 Å². The first-order chi connectivity index (χ1) is 8.04. The molecule has 0 bridgehead atoms. The van der Waals surface area contributed by atoms with Crippen molar-refractivity contribution in [2.75, 3.05) is 6.61 Å². The molecule has 1 aromatic carbocycles. The smallest absolute Gasteiger partial charge is 0.341 e. The van der Waals surface area contributed by atoms with E-state index in [1.807, 2.05) is 6.92 Å². The third-order valence-corrected chi connectivity index (χ3v) is 2.39. The Bertz CT molecular complexity index is 429. The van der Waals surface area contributed by atoms with Gasteiger partial charge in [0.25, 0.3) is 0 Å². The average Bonchev–Trinajstić information content (AvgIpc) is 2.26. The van der Waals surface area contributed by atoms with Gasteiger partial charge in [0.1, 0.15) is 5.75 Å². The van der Waals surface area contributed by atoms with Crippen molar-refractivity contribution in [3.63, 3.8) is 0 Å². The molecule has 0 atom stereocenters. The zero-order valence-corrected chi connectivity index (χ0v) is 10.2. The van der Waals surface area contributed by atoms with E-state index in [1.54, 1.807) is 6.07 Å². The fraction of sp³-hybridized carbons (Fsp3) is 0.333. The number of Topliss-reactive ketones (excluding diaryl/α,β-unsaturated/α-hetero) is 1. The molecule has 0 spiro atoms. The SMILES string of the molecule is CCCC(=O)c1ccc(OCC(=O)O)cc1Cl. The summed E-state index contributed by atoms with van der Waals surface area (Å²) >= 11 is 5.93. The number of halogens is 1. The van der Waals surface area contributed by atoms with Crippen molar-refractivity contribution in [2.24, 2.45) is 0 Å². The summed E-state index contributed by atoms with van der Waals surface area (Å²) < 4.78 is 4.95. The molecular weight excluding hydrogens is 244 g/mol. The monoisotopic (exact) mass is 256 g/mol. The number of carbonyl (C=O) groups is 2. The van der Waals surface area contributed by atoms with E-state index in [2.05, 4.69) is 0 Å². The molecule has 1 rings (SSSR count). The van der Waals surface area contributed by atoms with Crippen molar-refractivity contribution >= 4 is 23.4 Å². The molecule has 0 aliphatic carbocycles. The van der Waals surface area contributed by atoms with Crippen LogP contribution in [0.3, 0.4) is 0 Å². The van der Waals surface area contributed by atoms with Gasteiger partial charge in [-0.3, -0.25) is 4.79 Å². The third kappa shape index (κ3) is 4.07. The molecule has 4 nitrogen and oxygen atoms in total. The van der Waals surface area contributed by atoms with Crippen LogP contribution in [0.1, 0.15) is 30.1 Å². The summed E-state index contributed by atoms with van der Waals surface area (Å²) in [5.41, 5.74) is 0.441. The summed E-state index contributed by atoms with van der Waals surface area (Å²) in [6.07, 6.45) is 1.20. The maximum atomic E-state index is 11.6. The van der Waals surface area contributed by atoms with Gasteiger partial charge >= 0.3 is 5.97 Å². The highest BCUT2D eigenvalue weighted by Crippen LogP contribution is 2.24. The standard InChI is InChI=1S/C12H13ClO4/c1-2-3-11(14)9-5-4-8(6-10(9)13)17-7-12(15)16/h4-6H,2-3,7H2,1H3,(H,15,16). The van der Waals surface area contributed by atoms with E-state index in [0.29, 0.717) is 17.7 Å². The van der Waals surface area contributed by atoms with Crippen LogP contribution >= 0.6 is 11.6 Å². The number of aliphatic carboxylic acids is 1. The summed E-state index contributed by atoms with van der Waals surface area (Å²) in [5, 5.41) is 8.73. The number of hydrogen-bond donors (Lipinski definition) is 1. The van der Waals surface area contributed by atoms with Crippen LogP contribution in [0.25, 0.3) is 0 Å². The molecule has 1 N–H and O–H groups in total. The minimum atomic E-state index is -1.06. The maximum Gasteiger partial charge on any atom is 0.341 e. The summed E-state index contributed by atoms with van der Waals surface area (Å²) in [5.74, 6) is -0.750. The van der Waals surface area contributed by atoms with Gasteiger partial charge in [0.05, 0.1) is 5.02 Å². The predicted octanol–water partition coefficient (Wildman–Crippen LogP) is 2.79. The lowest BCUT2D eigenvalue weighted by Crippen LogP contribution is -2.09. The minimum absolute atomic E-state index is 0.0257. The number of carboxylic acid groups (broad SMARTS) is 1. The largest absolute Gasteiger partial charge is 0.482 e. The van der Waals surface area contributed by atoms with Gasteiger partial charge in [0.2, 0.25) is 0 Å². The van der Waals surface area contributed by atoms with Gasteiger partial charge in [0, 0.05) is 12.0 Å². The summed E-state index contributed by atoms with van der Waals surface area (Å²) in [7, 11) is 0. The lowest BCUT2D eigenvalue weighted by atomic mass is 10.1. The molecule has 1 aromatic rings. The van der Waals surface area contributed by atoms with Gasteiger partial charge in [-0.2, -0.15) is 0 Å². The van der Waals surface area contributed by atoms with E-state index in [1.165, 1.54) is 12.1 Å². The Balaban J connectivity index is 2.79. The predicted molar refractivity (Wildman–Crippen MR) is 63.8 cm³/mol. The van der Waals surface area contributed by atoms with Crippen molar-refractivity contribution in [3.8, 4) is 5.75 Å². The van der Waals surface area contributed by atoms with Crippen molar-refractivity contribution in [3.05, 3.63) is 28.8 Å². The minimum Gasteiger partial charge on any atom is -0.482 e. The first kappa shape index (κ1) is 13.5. The summed E-state index contributed by atoms with van der Waals surface area (Å²) in [6.45, 7) is 1.48. The number of hydrogen-bond acceptors (Lipinski definition) is 3. The second kappa shape index (κ2) is 6.25. The molecule has 0 fully saturated rings. The third-order valence-electron chi connectivity index (χ3n) is 2.08. The van der Waals surface area contributed by atoms with Gasteiger partial charge in [-0.25, -0.2) is 4.79 Å². The van der Waals surface area contributed by atoms with Gasteiger partial charge in [0.15, 0.2) is 12.4 Å². The van der Waals surface area contributed by atoms with E-state index in [0.717, 1.165) is 6.42 Å². The molecule has 0 aliphatic heterocycles. The zero-order chi connectivity index (χ0) is 12.8. The van der Waals surface area contributed by atoms with Crippen LogP contribution in [0.2, 0.25) is 5.02 Å². The van der Waals surface area contributed by atoms with Gasteiger partial charge in [-0.15, -0.1) is 0 Å². The molecule has 0 saturated heterocycles. The number of benzene rings is 1. The number of carboxylic acids is 1. The van der Waals surface area contributed by atoms with Crippen LogP contribution in [-0.4, -0.2) is 23.5 Å². The first-order valence-corrected chi connectivity index (χ1v) is 5.59. The summed E-state index contributed by atoms with van der Waals surface area (Å²) in [6, 6.07) is 4.54. The molecule has 0 amide bonds. The topological polar surface area (TPSA) is 63.6 Å². The van der Waals surface area contributed by atoms with Crippen molar-refractivity contribution in [2.45, 2.75) is 19.8 Å². The van der Waals surface area contributed by atoms with Crippen LogP contribution < -0.4 is 4.74 Å². The maximum absolute atomic E-state index is 11.6. The highest BCUT2D eigenvalue weighted by Gasteiger charge is 2.10. The van der Waals surface area contributed by atoms with E-state index in [4.69, 9.17) is 21.4 Å². The van der Waals surface area contributed by atoms with Gasteiger partial charge in [-0.05, 0) is 24.6 Å². The Morgan fingerprint density at radius 3 is 2.65 bits per heavy atom. The van der Waals surface area contributed by atoms with Crippen LogP contribution in [-0.2, 0) is 4.79 Å². The number of rotatable bonds is 6. The Morgan fingerprint density at radius 2 is 2.12 bits per heavy atom. The lowest BCUT2D eigenvalue weighted by Gasteiger charge is -2.06. The summed E-state index contributed by atoms with van der Waals surface area (Å²) in [4.78, 5) is 21.9. The fourth-order valence-corrected chi connectivity index (χ4v) is 1.59. The number of ether oxygens (including phenoxy) is 1. The number of carbonyl (C=O) groups excluding carboxylic acids is 1. The quantitative estimate of drug-likeness (QED) is 0.795. The molecule has 92 valence electrons. The lowest BCUT2D eigenvalue weighted by molar-refractivity contribution is -0.139. The fourth-order valence-electron chi connectivity index (χ4n) is 1.32. The molecule has 0 heterocycles. The number of ketones is 1. The molecule has 5 heteroatoms. The van der Waals surface area contributed by atoms with Crippen LogP contribution in [0, 0.1) is 0 Å². The normalized spacial score (nSPS) is 10.0. The Labute approximate surface area is 104 Å². The zero-order valence-electron chi connectivity index (χ0n) is 9.40. The van der Waals surface area contributed by atoms with Crippen LogP contribution in [0.5, 0.6) is 5.75 Å². The molecule has 0 radical (unpaired) electrons. The molecule has 0 aliphatic rings. The Morgan fingerprint density at radius 1 is 1.41 bits per heavy atom. The highest BCUT2D eigenvalue weighted by atomic mass is 35.5. The Hall–Kier alpha value is -1.55. The van der Waals surface area contributed by atoms with Crippen molar-refractivity contribution in [1.82, 2.24) is 0 Å². The molecule has 0 unspecified atom stereocenters. The van der Waals surface area contributed by atoms with E-state index < -0.39 is 12.6 Å². The molecule has 0 saturated carbocycles. The second-order valence-corrected chi connectivity index (χ2v) is 3.90. The van der Waals surface area contributed by atoms with Crippen LogP contribution in [0.4, 0.5) is 0 Å². The molecular formula is C12H13ClO4. The molecule has 17 heavy (non-hydrogen) atoms. The highest BCUT2D eigenvalue weighted by molar-refractivity contribution is 6.34. The van der Waals surface area contributed by atoms with Crippen molar-refractivity contribution in [1.29, 1.82) is 0 Å². The second-order valence-electron chi connectivity index (χ2n) is 3.50. The Kier molecular flexibility index (Phi) is 4.97. The first-order valence-electron chi connectivity index (χ1n) is 5.22. The van der Waals surface area contributed by atoms with Crippen LogP contribution in [0.15, 0.2) is 18.2 Å². The van der Waals surface area contributed by atoms with E-state index >= 15 is 0 Å². The van der Waals surface area contributed by atoms with E-state index in [-0.39, 0.29) is 10.8 Å².